The van der Waals surface area contributed by atoms with Gasteiger partial charge in [-0.15, -0.1) is 11.3 Å². The number of rotatable bonds is 9. The predicted molar refractivity (Wildman–Crippen MR) is 222 cm³/mol. The van der Waals surface area contributed by atoms with Crippen LogP contribution in [0.3, 0.4) is 0 Å². The van der Waals surface area contributed by atoms with E-state index in [1.165, 1.54) is 24.0 Å². The number of aromatic nitrogens is 1. The lowest BCUT2D eigenvalue weighted by molar-refractivity contribution is -0.142. The van der Waals surface area contributed by atoms with Crippen molar-refractivity contribution in [2.24, 2.45) is 17.8 Å². The summed E-state index contributed by atoms with van der Waals surface area (Å²) in [5.41, 5.74) is -1.59. The van der Waals surface area contributed by atoms with Gasteiger partial charge in [0.2, 0.25) is 27.7 Å². The minimum absolute atomic E-state index is 0.0398. The molecule has 2 saturated heterocycles. The standard InChI is InChI=1S/C42H52FN7O10S2/c1-24(51)46-41(15-7-8-16-41)23-60-40(57)45-31-10-6-4-2-3-5-9-27-18-42(27,39(56)48-62(58,59)28-12-13-28)47-35(53)34-29-21-49(19-26(29)20-50(34)37(31)54)38(55)36-44-32(22-61-36)25-11-14-33(52)30(43)17-25/h5,9,11,14,17,22,26-29,31,34,52H,2-4,6-8,10,12-13,15-16,18-21,23H2,1H3,(H,45,57)(H,46,51)(H,47,53)(H,48,56)/b9-5-/t26-,27+,29-,31-,34-,42+/m0/s1. The normalized spacial score (nSPS) is 28.9. The number of aromatic hydroxyl groups is 1. The van der Waals surface area contributed by atoms with Gasteiger partial charge in [0.25, 0.3) is 11.8 Å². The molecule has 17 nitrogen and oxygen atoms in total. The Hall–Kier alpha value is -5.11. The van der Waals surface area contributed by atoms with Crippen LogP contribution in [0, 0.1) is 23.6 Å². The fourth-order valence-electron chi connectivity index (χ4n) is 9.66. The lowest BCUT2D eigenvalue weighted by atomic mass is 9.93. The zero-order valence-corrected chi connectivity index (χ0v) is 36.0. The molecule has 3 saturated carbocycles. The molecule has 20 heteroatoms. The van der Waals surface area contributed by atoms with E-state index >= 15 is 0 Å². The van der Waals surface area contributed by atoms with Gasteiger partial charge in [-0.05, 0) is 69.6 Å². The third kappa shape index (κ3) is 9.03. The van der Waals surface area contributed by atoms with Crippen molar-refractivity contribution in [3.8, 4) is 17.0 Å². The molecule has 1 aromatic heterocycles. The highest BCUT2D eigenvalue weighted by Crippen LogP contribution is 2.47. The molecule has 1 aromatic carbocycles. The first kappa shape index (κ1) is 43.5. The molecule has 62 heavy (non-hydrogen) atoms. The number of ether oxygens (including phenoxy) is 1. The number of alkyl carbamates (subject to hydrolysis) is 1. The van der Waals surface area contributed by atoms with E-state index < -0.39 is 97.5 Å². The number of likely N-dealkylation sites (tertiary alicyclic amines) is 1. The number of allylic oxidation sites excluding steroid dienone is 1. The Bertz CT molecular complexity index is 2280. The van der Waals surface area contributed by atoms with Gasteiger partial charge in [0, 0.05) is 55.3 Å². The van der Waals surface area contributed by atoms with E-state index in [4.69, 9.17) is 4.74 Å². The van der Waals surface area contributed by atoms with Crippen LogP contribution in [0.25, 0.3) is 11.3 Å². The maximum atomic E-state index is 14.8. The molecule has 0 bridgehead atoms. The summed E-state index contributed by atoms with van der Waals surface area (Å²) >= 11 is 1.06. The number of nitrogens with one attached hydrogen (secondary N) is 4. The number of carbonyl (C=O) groups is 6. The van der Waals surface area contributed by atoms with Crippen LogP contribution >= 0.6 is 11.3 Å². The van der Waals surface area contributed by atoms with Crippen LogP contribution in [-0.2, 0) is 33.9 Å². The highest BCUT2D eigenvalue weighted by atomic mass is 32.2. The van der Waals surface area contributed by atoms with Crippen LogP contribution in [0.5, 0.6) is 5.75 Å². The Labute approximate surface area is 362 Å². The topological polar surface area (TPSA) is 234 Å². The molecule has 0 spiro atoms. The van der Waals surface area contributed by atoms with Crippen LogP contribution in [0.1, 0.15) is 93.8 Å². The summed E-state index contributed by atoms with van der Waals surface area (Å²) in [7, 11) is -3.96. The zero-order chi connectivity index (χ0) is 44.0. The fourth-order valence-corrected chi connectivity index (χ4v) is 11.8. The molecule has 6 aliphatic rings. The maximum Gasteiger partial charge on any atom is 0.407 e. The van der Waals surface area contributed by atoms with Gasteiger partial charge in [-0.2, -0.15) is 0 Å². The second-order valence-corrected chi connectivity index (χ2v) is 20.5. The van der Waals surface area contributed by atoms with E-state index in [1.807, 2.05) is 12.2 Å². The predicted octanol–water partition coefficient (Wildman–Crippen LogP) is 3.10. The molecular formula is C42H52FN7O10S2. The Balaban J connectivity index is 1.05. The number of sulfonamides is 1. The summed E-state index contributed by atoms with van der Waals surface area (Å²) in [5, 5.41) is 19.2. The number of hydrogen-bond donors (Lipinski definition) is 5. The number of hydrogen-bond acceptors (Lipinski definition) is 12. The third-order valence-electron chi connectivity index (χ3n) is 13.2. The SMILES string of the molecule is CC(=O)NC1(COC(=O)N[C@H]2CCCCC/C=C\[C@@H]3C[C@@]3(C(=O)NS(=O)(=O)C3CC3)NC(=O)[C@@H]3[C@H]4CN(C(=O)c5nc(-c6ccc(O)c(F)c6)cs5)C[C@H]4CN3C2=O)CCCC1. The van der Waals surface area contributed by atoms with Crippen LogP contribution < -0.4 is 20.7 Å². The molecule has 6 atom stereocenters. The number of nitrogens with zero attached hydrogens (tertiary/aromatic N) is 3. The smallest absolute Gasteiger partial charge is 0.407 e. The lowest BCUT2D eigenvalue weighted by Crippen LogP contribution is -2.60. The number of phenols is 1. The van der Waals surface area contributed by atoms with Crippen molar-refractivity contribution < 1.29 is 51.4 Å². The van der Waals surface area contributed by atoms with E-state index in [2.05, 4.69) is 25.7 Å². The van der Waals surface area contributed by atoms with Gasteiger partial charge >= 0.3 is 6.09 Å². The van der Waals surface area contributed by atoms with Crippen molar-refractivity contribution in [1.82, 2.24) is 35.5 Å². The Morgan fingerprint density at radius 1 is 1.05 bits per heavy atom. The van der Waals surface area contributed by atoms with E-state index in [1.54, 1.807) is 10.3 Å². The number of benzene rings is 1. The molecule has 2 aromatic rings. The summed E-state index contributed by atoms with van der Waals surface area (Å²) in [6, 6.07) is 1.49. The molecule has 0 radical (unpaired) electrons. The molecule has 3 aliphatic carbocycles. The molecule has 6 amide bonds. The Kier molecular flexibility index (Phi) is 12.1. The summed E-state index contributed by atoms with van der Waals surface area (Å²) in [5.74, 6) is -5.60. The van der Waals surface area contributed by atoms with Crippen molar-refractivity contribution in [1.29, 1.82) is 0 Å². The van der Waals surface area contributed by atoms with Crippen molar-refractivity contribution in [2.75, 3.05) is 26.2 Å². The molecule has 8 rings (SSSR count). The average molecular weight is 898 g/mol. The van der Waals surface area contributed by atoms with Crippen molar-refractivity contribution in [3.63, 3.8) is 0 Å². The first-order chi connectivity index (χ1) is 29.6. The van der Waals surface area contributed by atoms with Gasteiger partial charge in [-0.3, -0.25) is 28.7 Å². The van der Waals surface area contributed by atoms with Crippen LogP contribution in [-0.4, -0.2) is 119 Å². The number of thiazole rings is 1. The number of phenolic OH excluding ortho intramolecular Hbond substituents is 1. The number of fused-ring (bicyclic) bond motifs is 4. The minimum Gasteiger partial charge on any atom is -0.505 e. The van der Waals surface area contributed by atoms with Gasteiger partial charge in [0.15, 0.2) is 16.6 Å². The van der Waals surface area contributed by atoms with Crippen molar-refractivity contribution >= 4 is 57.0 Å². The van der Waals surface area contributed by atoms with E-state index in [0.717, 1.165) is 36.7 Å². The molecule has 334 valence electrons. The Morgan fingerprint density at radius 3 is 2.55 bits per heavy atom. The van der Waals surface area contributed by atoms with Crippen molar-refractivity contribution in [3.05, 3.63) is 46.6 Å². The van der Waals surface area contributed by atoms with Gasteiger partial charge in [0.1, 0.15) is 24.2 Å². The van der Waals surface area contributed by atoms with Crippen LogP contribution in [0.2, 0.25) is 0 Å². The summed E-state index contributed by atoms with van der Waals surface area (Å²) in [4.78, 5) is 90.2. The van der Waals surface area contributed by atoms with Crippen LogP contribution in [0.4, 0.5) is 9.18 Å². The maximum absolute atomic E-state index is 14.8. The van der Waals surface area contributed by atoms with Gasteiger partial charge in [-0.25, -0.2) is 22.6 Å². The van der Waals surface area contributed by atoms with Gasteiger partial charge < -0.3 is 35.6 Å². The molecular weight excluding hydrogens is 846 g/mol. The summed E-state index contributed by atoms with van der Waals surface area (Å²) in [6.07, 6.45) is 9.77. The van der Waals surface area contributed by atoms with Gasteiger partial charge in [0.05, 0.1) is 16.5 Å². The zero-order valence-electron chi connectivity index (χ0n) is 34.4. The minimum atomic E-state index is -3.96. The number of carbonyl (C=O) groups excluding carboxylic acids is 6. The average Bonchev–Trinajstić information content (AvgIpc) is 3.92. The van der Waals surface area contributed by atoms with Crippen molar-refractivity contribution in [2.45, 2.75) is 112 Å². The second-order valence-electron chi connectivity index (χ2n) is 17.7. The molecule has 4 heterocycles. The second kappa shape index (κ2) is 17.2. The first-order valence-electron chi connectivity index (χ1n) is 21.4. The van der Waals surface area contributed by atoms with E-state index in [-0.39, 0.29) is 50.0 Å². The highest BCUT2D eigenvalue weighted by molar-refractivity contribution is 7.91. The molecule has 3 aliphatic heterocycles. The first-order valence-corrected chi connectivity index (χ1v) is 23.8. The van der Waals surface area contributed by atoms with E-state index in [9.17, 15) is 46.7 Å². The quantitative estimate of drug-likeness (QED) is 0.230. The summed E-state index contributed by atoms with van der Waals surface area (Å²) < 4.78 is 47.9. The number of amides is 6. The largest absolute Gasteiger partial charge is 0.505 e. The van der Waals surface area contributed by atoms with Gasteiger partial charge in [-0.1, -0.05) is 37.8 Å². The Morgan fingerprint density at radius 2 is 1.82 bits per heavy atom. The molecule has 5 fully saturated rings. The number of halogens is 1. The molecule has 5 N–H and O–H groups in total. The molecule has 0 unspecified atom stereocenters. The highest BCUT2D eigenvalue weighted by Gasteiger charge is 2.63. The van der Waals surface area contributed by atoms with E-state index in [0.29, 0.717) is 56.2 Å². The monoisotopic (exact) mass is 897 g/mol. The third-order valence-corrected chi connectivity index (χ3v) is 15.9. The fraction of sp³-hybridized carbons (Fsp3) is 0.595. The van der Waals surface area contributed by atoms with Crippen LogP contribution in [0.15, 0.2) is 35.7 Å². The lowest BCUT2D eigenvalue weighted by Gasteiger charge is -2.33. The summed E-state index contributed by atoms with van der Waals surface area (Å²) in [6.45, 7) is 1.56.